The van der Waals surface area contributed by atoms with Gasteiger partial charge in [-0.1, -0.05) is 0 Å². The van der Waals surface area contributed by atoms with Gasteiger partial charge in [0.2, 0.25) is 0 Å². The standard InChI is InChI=1S/C8H12N6.ClH/c1-13(2)7-4-3-6-10-11-8(5-9)14(6)12-7;/h3-4H,5,9H2,1-2H3;1H. The van der Waals surface area contributed by atoms with Crippen LogP contribution in [0.2, 0.25) is 0 Å². The van der Waals surface area contributed by atoms with E-state index in [4.69, 9.17) is 5.73 Å². The van der Waals surface area contributed by atoms with Gasteiger partial charge < -0.3 is 10.6 Å². The van der Waals surface area contributed by atoms with E-state index in [0.29, 0.717) is 12.4 Å². The SMILES string of the molecule is CN(C)c1ccc2nnc(CN)n2n1.Cl. The number of fused-ring (bicyclic) bond motifs is 1. The second kappa shape index (κ2) is 4.41. The molecule has 2 heterocycles. The number of aromatic nitrogens is 4. The molecule has 2 rings (SSSR count). The van der Waals surface area contributed by atoms with Crippen LogP contribution in [0.25, 0.3) is 5.65 Å². The van der Waals surface area contributed by atoms with Crippen molar-refractivity contribution in [2.75, 3.05) is 19.0 Å². The summed E-state index contributed by atoms with van der Waals surface area (Å²) in [7, 11) is 3.86. The molecular formula is C8H13ClN6. The topological polar surface area (TPSA) is 72.3 Å². The number of rotatable bonds is 2. The Labute approximate surface area is 93.5 Å². The second-order valence-corrected chi connectivity index (χ2v) is 3.18. The molecule has 0 unspecified atom stereocenters. The minimum absolute atomic E-state index is 0. The van der Waals surface area contributed by atoms with Crippen LogP contribution in [0.4, 0.5) is 5.82 Å². The van der Waals surface area contributed by atoms with Crippen molar-refractivity contribution in [3.63, 3.8) is 0 Å². The van der Waals surface area contributed by atoms with Crippen LogP contribution in [-0.4, -0.2) is 33.9 Å². The van der Waals surface area contributed by atoms with E-state index in [1.807, 2.05) is 31.1 Å². The molecule has 0 radical (unpaired) electrons. The fourth-order valence-corrected chi connectivity index (χ4v) is 1.19. The zero-order chi connectivity index (χ0) is 10.1. The first-order valence-electron chi connectivity index (χ1n) is 4.31. The Balaban J connectivity index is 0.00000112. The van der Waals surface area contributed by atoms with Crippen molar-refractivity contribution in [2.24, 2.45) is 5.73 Å². The van der Waals surface area contributed by atoms with Gasteiger partial charge in [-0.3, -0.25) is 0 Å². The maximum atomic E-state index is 5.51. The molecule has 2 aromatic rings. The smallest absolute Gasteiger partial charge is 0.178 e. The van der Waals surface area contributed by atoms with Crippen LogP contribution in [0.3, 0.4) is 0 Å². The first-order valence-corrected chi connectivity index (χ1v) is 4.31. The van der Waals surface area contributed by atoms with Gasteiger partial charge in [0.1, 0.15) is 5.82 Å². The highest BCUT2D eigenvalue weighted by Crippen LogP contribution is 2.08. The Morgan fingerprint density at radius 2 is 2.07 bits per heavy atom. The molecule has 0 aromatic carbocycles. The van der Waals surface area contributed by atoms with E-state index in [1.165, 1.54) is 0 Å². The number of nitrogens with zero attached hydrogens (tertiary/aromatic N) is 5. The normalized spacial score (nSPS) is 10.1. The van der Waals surface area contributed by atoms with E-state index in [-0.39, 0.29) is 12.4 Å². The van der Waals surface area contributed by atoms with Gasteiger partial charge in [0.05, 0.1) is 6.54 Å². The highest BCUT2D eigenvalue weighted by molar-refractivity contribution is 5.85. The van der Waals surface area contributed by atoms with Crippen molar-refractivity contribution in [1.29, 1.82) is 0 Å². The van der Waals surface area contributed by atoms with Crippen LogP contribution in [0.5, 0.6) is 0 Å². The number of anilines is 1. The molecule has 15 heavy (non-hydrogen) atoms. The minimum atomic E-state index is 0. The minimum Gasteiger partial charge on any atom is -0.361 e. The van der Waals surface area contributed by atoms with Crippen LogP contribution >= 0.6 is 12.4 Å². The molecular weight excluding hydrogens is 216 g/mol. The molecule has 0 bridgehead atoms. The van der Waals surface area contributed by atoms with Crippen LogP contribution in [0, 0.1) is 0 Å². The van der Waals surface area contributed by atoms with Gasteiger partial charge in [-0.15, -0.1) is 27.7 Å². The summed E-state index contributed by atoms with van der Waals surface area (Å²) in [4.78, 5) is 1.92. The lowest BCUT2D eigenvalue weighted by Crippen LogP contribution is -2.13. The Hall–Kier alpha value is -1.40. The van der Waals surface area contributed by atoms with Gasteiger partial charge in [-0.2, -0.15) is 4.52 Å². The van der Waals surface area contributed by atoms with E-state index in [2.05, 4.69) is 15.3 Å². The van der Waals surface area contributed by atoms with Crippen molar-refractivity contribution in [3.8, 4) is 0 Å². The molecule has 0 atom stereocenters. The zero-order valence-electron chi connectivity index (χ0n) is 8.58. The summed E-state index contributed by atoms with van der Waals surface area (Å²) in [5.41, 5.74) is 6.23. The number of halogens is 1. The average Bonchev–Trinajstić information content (AvgIpc) is 2.59. The van der Waals surface area contributed by atoms with Gasteiger partial charge in [-0.05, 0) is 12.1 Å². The molecule has 0 aliphatic rings. The number of hydrogen-bond donors (Lipinski definition) is 1. The van der Waals surface area contributed by atoms with Gasteiger partial charge in [0.15, 0.2) is 11.5 Å². The molecule has 0 amide bonds. The summed E-state index contributed by atoms with van der Waals surface area (Å²) in [6, 6.07) is 3.76. The maximum absolute atomic E-state index is 5.51. The molecule has 0 saturated carbocycles. The van der Waals surface area contributed by atoms with Crippen molar-refractivity contribution in [1.82, 2.24) is 19.8 Å². The predicted molar refractivity (Wildman–Crippen MR) is 60.2 cm³/mol. The highest BCUT2D eigenvalue weighted by Gasteiger charge is 2.06. The lowest BCUT2D eigenvalue weighted by Gasteiger charge is -2.10. The van der Waals surface area contributed by atoms with Gasteiger partial charge in [0, 0.05) is 14.1 Å². The molecule has 82 valence electrons. The fraction of sp³-hybridized carbons (Fsp3) is 0.375. The summed E-state index contributed by atoms with van der Waals surface area (Å²) in [6.45, 7) is 0.338. The van der Waals surface area contributed by atoms with Crippen LogP contribution in [-0.2, 0) is 6.54 Å². The van der Waals surface area contributed by atoms with Crippen LogP contribution in [0.15, 0.2) is 12.1 Å². The molecule has 0 aliphatic heterocycles. The first-order chi connectivity index (χ1) is 6.72. The van der Waals surface area contributed by atoms with Crippen LogP contribution < -0.4 is 10.6 Å². The molecule has 0 saturated heterocycles. The third-order valence-corrected chi connectivity index (χ3v) is 1.95. The van der Waals surface area contributed by atoms with Crippen molar-refractivity contribution < 1.29 is 0 Å². The summed E-state index contributed by atoms with van der Waals surface area (Å²) in [5.74, 6) is 1.52. The molecule has 0 spiro atoms. The molecule has 6 nitrogen and oxygen atoms in total. The Morgan fingerprint density at radius 3 is 2.67 bits per heavy atom. The van der Waals surface area contributed by atoms with Crippen molar-refractivity contribution >= 4 is 23.9 Å². The highest BCUT2D eigenvalue weighted by atomic mass is 35.5. The van der Waals surface area contributed by atoms with E-state index < -0.39 is 0 Å². The number of hydrogen-bond acceptors (Lipinski definition) is 5. The van der Waals surface area contributed by atoms with E-state index >= 15 is 0 Å². The van der Waals surface area contributed by atoms with Gasteiger partial charge in [-0.25, -0.2) is 0 Å². The fourth-order valence-electron chi connectivity index (χ4n) is 1.19. The molecule has 0 fully saturated rings. The zero-order valence-corrected chi connectivity index (χ0v) is 9.40. The Bertz CT molecular complexity index is 451. The predicted octanol–water partition coefficient (Wildman–Crippen LogP) is 0.0708. The largest absolute Gasteiger partial charge is 0.361 e. The lowest BCUT2D eigenvalue weighted by atomic mass is 10.5. The molecule has 0 aliphatic carbocycles. The summed E-state index contributed by atoms with van der Waals surface area (Å²) >= 11 is 0. The van der Waals surface area contributed by atoms with Crippen LogP contribution in [0.1, 0.15) is 5.82 Å². The maximum Gasteiger partial charge on any atom is 0.178 e. The van der Waals surface area contributed by atoms with E-state index in [0.717, 1.165) is 11.5 Å². The first kappa shape index (κ1) is 11.7. The van der Waals surface area contributed by atoms with Gasteiger partial charge in [0.25, 0.3) is 0 Å². The third kappa shape index (κ3) is 2.00. The van der Waals surface area contributed by atoms with Crippen molar-refractivity contribution in [2.45, 2.75) is 6.54 Å². The third-order valence-electron chi connectivity index (χ3n) is 1.95. The Kier molecular flexibility index (Phi) is 3.43. The van der Waals surface area contributed by atoms with Crippen molar-refractivity contribution in [3.05, 3.63) is 18.0 Å². The summed E-state index contributed by atoms with van der Waals surface area (Å²) < 4.78 is 1.66. The Morgan fingerprint density at radius 1 is 1.33 bits per heavy atom. The van der Waals surface area contributed by atoms with E-state index in [1.54, 1.807) is 4.52 Å². The lowest BCUT2D eigenvalue weighted by molar-refractivity contribution is 0.800. The summed E-state index contributed by atoms with van der Waals surface area (Å²) in [6.07, 6.45) is 0. The van der Waals surface area contributed by atoms with Gasteiger partial charge >= 0.3 is 0 Å². The quantitative estimate of drug-likeness (QED) is 0.788. The average molecular weight is 229 g/mol. The molecule has 2 N–H and O–H groups in total. The molecule has 2 aromatic heterocycles. The molecule has 7 heteroatoms. The number of nitrogens with two attached hydrogens (primary N) is 1. The van der Waals surface area contributed by atoms with E-state index in [9.17, 15) is 0 Å². The summed E-state index contributed by atoms with van der Waals surface area (Å²) in [5, 5.41) is 12.2. The monoisotopic (exact) mass is 228 g/mol. The second-order valence-electron chi connectivity index (χ2n) is 3.18.